The number of hydrogen-bond donors (Lipinski definition) is 2. The smallest absolute Gasteiger partial charge is 0.253 e. The minimum atomic E-state index is -0.673. The summed E-state index contributed by atoms with van der Waals surface area (Å²) in [5.41, 5.74) is 1.18. The molecular formula is C19H18ClN3O2S2. The van der Waals surface area contributed by atoms with Crippen LogP contribution >= 0.6 is 34.7 Å². The van der Waals surface area contributed by atoms with Crippen LogP contribution in [0.3, 0.4) is 0 Å². The Bertz CT molecular complexity index is 928. The van der Waals surface area contributed by atoms with Crippen molar-refractivity contribution in [2.24, 2.45) is 0 Å². The Morgan fingerprint density at radius 3 is 2.67 bits per heavy atom. The molecule has 0 fully saturated rings. The molecule has 0 spiro atoms. The number of carbonyl (C=O) groups excluding carboxylic acids is 2. The van der Waals surface area contributed by atoms with E-state index in [1.54, 1.807) is 36.0 Å². The number of halogens is 1. The molecule has 2 amide bonds. The maximum Gasteiger partial charge on any atom is 0.253 e. The number of thioether (sulfide) groups is 1. The van der Waals surface area contributed by atoms with Crippen molar-refractivity contribution in [3.8, 4) is 0 Å². The van der Waals surface area contributed by atoms with E-state index < -0.39 is 6.04 Å². The molecule has 5 nitrogen and oxygen atoms in total. The van der Waals surface area contributed by atoms with E-state index >= 15 is 0 Å². The molecule has 0 saturated heterocycles. The van der Waals surface area contributed by atoms with Gasteiger partial charge >= 0.3 is 0 Å². The van der Waals surface area contributed by atoms with E-state index in [2.05, 4.69) is 15.6 Å². The van der Waals surface area contributed by atoms with Gasteiger partial charge in [-0.2, -0.15) is 11.8 Å². The third-order valence-electron chi connectivity index (χ3n) is 3.87. The van der Waals surface area contributed by atoms with E-state index in [4.69, 9.17) is 11.6 Å². The van der Waals surface area contributed by atoms with Crippen LogP contribution in [0, 0.1) is 0 Å². The number of thiazole rings is 1. The zero-order valence-electron chi connectivity index (χ0n) is 14.6. The number of nitrogens with zero attached hydrogens (tertiary/aromatic N) is 1. The third-order valence-corrected chi connectivity index (χ3v) is 5.80. The lowest BCUT2D eigenvalue weighted by atomic mass is 10.1. The van der Waals surface area contributed by atoms with Crippen molar-refractivity contribution in [1.82, 2.24) is 10.3 Å². The maximum absolute atomic E-state index is 12.7. The average molecular weight is 420 g/mol. The third kappa shape index (κ3) is 5.00. The van der Waals surface area contributed by atoms with Crippen LogP contribution in [0.5, 0.6) is 0 Å². The molecule has 1 atom stereocenters. The summed E-state index contributed by atoms with van der Waals surface area (Å²) in [6.45, 7) is 0. The molecule has 3 rings (SSSR count). The standard InChI is InChI=1S/C19H18ClN3O2S2/c1-26-11-10-15(21-17(24)12-6-2-3-7-13(12)20)18(25)23-19-22-14-8-4-5-9-16(14)27-19/h2-9,15H,10-11H2,1H3,(H,21,24)(H,22,23,25). The summed E-state index contributed by atoms with van der Waals surface area (Å²) in [6.07, 6.45) is 2.46. The first-order valence-corrected chi connectivity index (χ1v) is 10.9. The second-order valence-corrected chi connectivity index (χ2v) is 8.19. The summed E-state index contributed by atoms with van der Waals surface area (Å²) in [5.74, 6) is 0.0791. The summed E-state index contributed by atoms with van der Waals surface area (Å²) in [6, 6.07) is 13.8. The Balaban J connectivity index is 1.73. The van der Waals surface area contributed by atoms with Crippen molar-refractivity contribution in [3.63, 3.8) is 0 Å². The van der Waals surface area contributed by atoms with Gasteiger partial charge in [-0.1, -0.05) is 47.2 Å². The van der Waals surface area contributed by atoms with Crippen molar-refractivity contribution in [1.29, 1.82) is 0 Å². The van der Waals surface area contributed by atoms with Gasteiger partial charge in [-0.05, 0) is 42.7 Å². The van der Waals surface area contributed by atoms with Crippen molar-refractivity contribution >= 4 is 61.9 Å². The van der Waals surface area contributed by atoms with Crippen LogP contribution in [0.1, 0.15) is 16.8 Å². The van der Waals surface area contributed by atoms with Crippen molar-refractivity contribution in [3.05, 3.63) is 59.1 Å². The number of nitrogens with one attached hydrogen (secondary N) is 2. The molecule has 1 unspecified atom stereocenters. The molecular weight excluding hydrogens is 402 g/mol. The zero-order chi connectivity index (χ0) is 19.2. The van der Waals surface area contributed by atoms with Gasteiger partial charge in [0.05, 0.1) is 20.8 Å². The van der Waals surface area contributed by atoms with Crippen LogP contribution in [0.25, 0.3) is 10.2 Å². The van der Waals surface area contributed by atoms with Gasteiger partial charge in [0.25, 0.3) is 5.91 Å². The average Bonchev–Trinajstić information content (AvgIpc) is 3.07. The molecule has 27 heavy (non-hydrogen) atoms. The van der Waals surface area contributed by atoms with Crippen LogP contribution in [0.15, 0.2) is 48.5 Å². The van der Waals surface area contributed by atoms with E-state index in [1.807, 2.05) is 30.5 Å². The molecule has 1 heterocycles. The number of benzene rings is 2. The number of para-hydroxylation sites is 1. The Labute approximate surface area is 170 Å². The minimum Gasteiger partial charge on any atom is -0.340 e. The first-order chi connectivity index (χ1) is 13.1. The highest BCUT2D eigenvalue weighted by Crippen LogP contribution is 2.25. The second kappa shape index (κ2) is 9.21. The SMILES string of the molecule is CSCCC(NC(=O)c1ccccc1Cl)C(=O)Nc1nc2ccccc2s1. The Morgan fingerprint density at radius 2 is 1.93 bits per heavy atom. The van der Waals surface area contributed by atoms with Crippen LogP contribution in [-0.2, 0) is 4.79 Å². The van der Waals surface area contributed by atoms with E-state index in [0.29, 0.717) is 22.1 Å². The lowest BCUT2D eigenvalue weighted by molar-refractivity contribution is -0.118. The van der Waals surface area contributed by atoms with Gasteiger partial charge in [-0.25, -0.2) is 4.98 Å². The van der Waals surface area contributed by atoms with Crippen LogP contribution in [-0.4, -0.2) is 34.8 Å². The summed E-state index contributed by atoms with van der Waals surface area (Å²) in [7, 11) is 0. The van der Waals surface area contributed by atoms with Gasteiger partial charge in [-0.3, -0.25) is 9.59 Å². The number of amides is 2. The second-order valence-electron chi connectivity index (χ2n) is 5.76. The minimum absolute atomic E-state index is 0.288. The van der Waals surface area contributed by atoms with Gasteiger partial charge in [0.2, 0.25) is 5.91 Å². The molecule has 2 aromatic carbocycles. The van der Waals surface area contributed by atoms with Gasteiger partial charge in [-0.15, -0.1) is 0 Å². The number of hydrogen-bond acceptors (Lipinski definition) is 5. The van der Waals surface area contributed by atoms with Crippen LogP contribution in [0.2, 0.25) is 5.02 Å². The first-order valence-electron chi connectivity index (χ1n) is 8.29. The highest BCUT2D eigenvalue weighted by Gasteiger charge is 2.23. The van der Waals surface area contributed by atoms with Crippen molar-refractivity contribution in [2.75, 3.05) is 17.3 Å². The maximum atomic E-state index is 12.7. The number of anilines is 1. The Morgan fingerprint density at radius 1 is 1.19 bits per heavy atom. The van der Waals surface area contributed by atoms with Gasteiger partial charge < -0.3 is 10.6 Å². The quantitative estimate of drug-likeness (QED) is 0.593. The van der Waals surface area contributed by atoms with E-state index in [9.17, 15) is 9.59 Å². The zero-order valence-corrected chi connectivity index (χ0v) is 17.0. The summed E-state index contributed by atoms with van der Waals surface area (Å²) in [4.78, 5) is 29.7. The lowest BCUT2D eigenvalue weighted by Crippen LogP contribution is -2.44. The fourth-order valence-corrected chi connectivity index (χ4v) is 4.07. The molecule has 140 valence electrons. The van der Waals surface area contributed by atoms with E-state index in [1.165, 1.54) is 11.3 Å². The summed E-state index contributed by atoms with van der Waals surface area (Å²) >= 11 is 9.10. The van der Waals surface area contributed by atoms with Crippen LogP contribution < -0.4 is 10.6 Å². The fourth-order valence-electron chi connectivity index (χ4n) is 2.50. The molecule has 8 heteroatoms. The monoisotopic (exact) mass is 419 g/mol. The largest absolute Gasteiger partial charge is 0.340 e. The molecule has 3 aromatic rings. The molecule has 0 aliphatic rings. The Hall–Kier alpha value is -2.09. The predicted octanol–water partition coefficient (Wildman–Crippen LogP) is 4.44. The summed E-state index contributed by atoms with van der Waals surface area (Å²) < 4.78 is 0.994. The number of fused-ring (bicyclic) bond motifs is 1. The normalized spacial score (nSPS) is 11.9. The molecule has 0 radical (unpaired) electrons. The molecule has 2 N–H and O–H groups in total. The molecule has 0 bridgehead atoms. The van der Waals surface area contributed by atoms with Crippen LogP contribution in [0.4, 0.5) is 5.13 Å². The fraction of sp³-hybridized carbons (Fsp3) is 0.211. The van der Waals surface area contributed by atoms with Crippen molar-refractivity contribution in [2.45, 2.75) is 12.5 Å². The molecule has 1 aromatic heterocycles. The number of aromatic nitrogens is 1. The number of rotatable bonds is 7. The topological polar surface area (TPSA) is 71.1 Å². The Kier molecular flexibility index (Phi) is 6.71. The van der Waals surface area contributed by atoms with Gasteiger partial charge in [0.15, 0.2) is 5.13 Å². The highest BCUT2D eigenvalue weighted by molar-refractivity contribution is 7.98. The first kappa shape index (κ1) is 19.7. The van der Waals surface area contributed by atoms with Gasteiger partial charge in [0, 0.05) is 0 Å². The van der Waals surface area contributed by atoms with E-state index in [-0.39, 0.29) is 11.8 Å². The molecule has 0 aliphatic heterocycles. The van der Waals surface area contributed by atoms with E-state index in [0.717, 1.165) is 16.0 Å². The molecule has 0 aliphatic carbocycles. The molecule has 0 saturated carbocycles. The van der Waals surface area contributed by atoms with Gasteiger partial charge in [0.1, 0.15) is 6.04 Å². The van der Waals surface area contributed by atoms with Crippen molar-refractivity contribution < 1.29 is 9.59 Å². The predicted molar refractivity (Wildman–Crippen MR) is 114 cm³/mol. The lowest BCUT2D eigenvalue weighted by Gasteiger charge is -2.17. The summed E-state index contributed by atoms with van der Waals surface area (Å²) in [5, 5.41) is 6.48. The highest BCUT2D eigenvalue weighted by atomic mass is 35.5. The number of carbonyl (C=O) groups is 2.